The van der Waals surface area contributed by atoms with Crippen LogP contribution in [0.25, 0.3) is 0 Å². The third-order valence-electron chi connectivity index (χ3n) is 2.88. The SMILES string of the molecule is CC1CN(C(N)=NCCOc2ccc(Cl)cn2)CCO1. The van der Waals surface area contributed by atoms with Crippen LogP contribution in [-0.4, -0.2) is 54.8 Å². The molecule has 0 bridgehead atoms. The molecule has 1 fully saturated rings. The molecule has 110 valence electrons. The average Bonchev–Trinajstić information content (AvgIpc) is 2.45. The lowest BCUT2D eigenvalue weighted by Crippen LogP contribution is -2.48. The van der Waals surface area contributed by atoms with E-state index >= 15 is 0 Å². The van der Waals surface area contributed by atoms with Crippen molar-refractivity contribution in [3.8, 4) is 5.88 Å². The van der Waals surface area contributed by atoms with E-state index in [2.05, 4.69) is 9.98 Å². The summed E-state index contributed by atoms with van der Waals surface area (Å²) in [6.07, 6.45) is 1.73. The summed E-state index contributed by atoms with van der Waals surface area (Å²) in [6.45, 7) is 5.17. The zero-order chi connectivity index (χ0) is 14.4. The van der Waals surface area contributed by atoms with Crippen molar-refractivity contribution in [2.45, 2.75) is 13.0 Å². The van der Waals surface area contributed by atoms with Gasteiger partial charge in [-0.2, -0.15) is 0 Å². The van der Waals surface area contributed by atoms with Crippen molar-refractivity contribution in [1.29, 1.82) is 0 Å². The first-order valence-electron chi connectivity index (χ1n) is 6.56. The first-order valence-corrected chi connectivity index (χ1v) is 6.94. The Balaban J connectivity index is 1.73. The van der Waals surface area contributed by atoms with Crippen molar-refractivity contribution in [2.75, 3.05) is 32.8 Å². The third-order valence-corrected chi connectivity index (χ3v) is 3.10. The van der Waals surface area contributed by atoms with Gasteiger partial charge in [0.1, 0.15) is 6.61 Å². The van der Waals surface area contributed by atoms with Gasteiger partial charge in [-0.25, -0.2) is 9.98 Å². The van der Waals surface area contributed by atoms with Gasteiger partial charge in [0.2, 0.25) is 5.88 Å². The Kier molecular flexibility index (Phi) is 5.43. The molecule has 0 spiro atoms. The van der Waals surface area contributed by atoms with Crippen molar-refractivity contribution in [2.24, 2.45) is 10.7 Å². The molecule has 20 heavy (non-hydrogen) atoms. The van der Waals surface area contributed by atoms with Crippen molar-refractivity contribution >= 4 is 17.6 Å². The minimum absolute atomic E-state index is 0.187. The Bertz CT molecular complexity index is 452. The minimum Gasteiger partial charge on any atom is -0.476 e. The summed E-state index contributed by atoms with van der Waals surface area (Å²) >= 11 is 5.74. The molecule has 0 radical (unpaired) electrons. The lowest BCUT2D eigenvalue weighted by molar-refractivity contribution is 0.00528. The summed E-state index contributed by atoms with van der Waals surface area (Å²) in [5.74, 6) is 1.07. The second kappa shape index (κ2) is 7.31. The minimum atomic E-state index is 0.187. The van der Waals surface area contributed by atoms with Crippen LogP contribution >= 0.6 is 11.6 Å². The van der Waals surface area contributed by atoms with E-state index in [0.717, 1.165) is 13.1 Å². The molecular formula is C13H19ClN4O2. The Morgan fingerprint density at radius 1 is 1.65 bits per heavy atom. The van der Waals surface area contributed by atoms with Gasteiger partial charge in [-0.3, -0.25) is 0 Å². The Hall–Kier alpha value is -1.53. The molecule has 2 heterocycles. The fourth-order valence-corrected chi connectivity index (χ4v) is 2.00. The lowest BCUT2D eigenvalue weighted by atomic mass is 10.3. The van der Waals surface area contributed by atoms with Crippen LogP contribution in [0.4, 0.5) is 0 Å². The monoisotopic (exact) mass is 298 g/mol. The fourth-order valence-electron chi connectivity index (χ4n) is 1.88. The predicted octanol–water partition coefficient (Wildman–Crippen LogP) is 1.15. The topological polar surface area (TPSA) is 73.0 Å². The number of nitrogens with two attached hydrogens (primary N) is 1. The van der Waals surface area contributed by atoms with E-state index in [9.17, 15) is 0 Å². The standard InChI is InChI=1S/C13H19ClN4O2/c1-10-9-18(5-7-19-10)13(15)16-4-6-20-12-3-2-11(14)8-17-12/h2-3,8,10H,4-7,9H2,1H3,(H2,15,16). The van der Waals surface area contributed by atoms with Gasteiger partial charge < -0.3 is 20.1 Å². The summed E-state index contributed by atoms with van der Waals surface area (Å²) in [7, 11) is 0. The molecule has 2 N–H and O–H groups in total. The fraction of sp³-hybridized carbons (Fsp3) is 0.538. The molecule has 1 aromatic heterocycles. The van der Waals surface area contributed by atoms with Gasteiger partial charge in [0.05, 0.1) is 24.3 Å². The number of aliphatic imine (C=N–C) groups is 1. The van der Waals surface area contributed by atoms with Crippen molar-refractivity contribution in [3.63, 3.8) is 0 Å². The second-order valence-electron chi connectivity index (χ2n) is 4.53. The predicted molar refractivity (Wildman–Crippen MR) is 78.2 cm³/mol. The Labute approximate surface area is 123 Å². The first-order chi connectivity index (χ1) is 9.65. The number of hydrogen-bond acceptors (Lipinski definition) is 4. The van der Waals surface area contributed by atoms with Gasteiger partial charge >= 0.3 is 0 Å². The highest BCUT2D eigenvalue weighted by Crippen LogP contribution is 2.11. The molecule has 1 saturated heterocycles. The van der Waals surface area contributed by atoms with Crippen molar-refractivity contribution in [3.05, 3.63) is 23.4 Å². The second-order valence-corrected chi connectivity index (χ2v) is 4.97. The van der Waals surface area contributed by atoms with E-state index in [0.29, 0.717) is 36.6 Å². The van der Waals surface area contributed by atoms with Gasteiger partial charge in [0.25, 0.3) is 0 Å². The van der Waals surface area contributed by atoms with Crippen LogP contribution in [0.5, 0.6) is 5.88 Å². The number of nitrogens with zero attached hydrogens (tertiary/aromatic N) is 3. The summed E-state index contributed by atoms with van der Waals surface area (Å²) in [5.41, 5.74) is 5.94. The number of halogens is 1. The maximum atomic E-state index is 5.94. The van der Waals surface area contributed by atoms with Gasteiger partial charge in [-0.1, -0.05) is 11.6 Å². The molecule has 1 atom stereocenters. The highest BCUT2D eigenvalue weighted by atomic mass is 35.5. The highest BCUT2D eigenvalue weighted by molar-refractivity contribution is 6.30. The molecular weight excluding hydrogens is 280 g/mol. The molecule has 0 saturated carbocycles. The van der Waals surface area contributed by atoms with Crippen LogP contribution in [0.1, 0.15) is 6.92 Å². The average molecular weight is 299 g/mol. The smallest absolute Gasteiger partial charge is 0.213 e. The lowest BCUT2D eigenvalue weighted by Gasteiger charge is -2.31. The Morgan fingerprint density at radius 3 is 3.20 bits per heavy atom. The molecule has 1 aliphatic heterocycles. The molecule has 1 unspecified atom stereocenters. The highest BCUT2D eigenvalue weighted by Gasteiger charge is 2.17. The quantitative estimate of drug-likeness (QED) is 0.513. The van der Waals surface area contributed by atoms with Crippen LogP contribution in [0.2, 0.25) is 5.02 Å². The van der Waals surface area contributed by atoms with Crippen LogP contribution < -0.4 is 10.5 Å². The number of hydrogen-bond donors (Lipinski definition) is 1. The van der Waals surface area contributed by atoms with Crippen molar-refractivity contribution < 1.29 is 9.47 Å². The number of guanidine groups is 1. The number of rotatable bonds is 4. The number of ether oxygens (including phenoxy) is 2. The zero-order valence-corrected chi connectivity index (χ0v) is 12.2. The maximum absolute atomic E-state index is 5.94. The van der Waals surface area contributed by atoms with Crippen LogP contribution in [0, 0.1) is 0 Å². The molecule has 0 aromatic carbocycles. The molecule has 0 amide bonds. The summed E-state index contributed by atoms with van der Waals surface area (Å²) in [6, 6.07) is 3.45. The molecule has 2 rings (SSSR count). The maximum Gasteiger partial charge on any atom is 0.213 e. The third kappa shape index (κ3) is 4.54. The van der Waals surface area contributed by atoms with Crippen LogP contribution in [0.3, 0.4) is 0 Å². The van der Waals surface area contributed by atoms with E-state index < -0.39 is 0 Å². The largest absolute Gasteiger partial charge is 0.476 e. The van der Waals surface area contributed by atoms with E-state index in [1.54, 1.807) is 18.3 Å². The van der Waals surface area contributed by atoms with E-state index in [4.69, 9.17) is 26.8 Å². The van der Waals surface area contributed by atoms with E-state index in [-0.39, 0.29) is 6.10 Å². The molecule has 1 aromatic rings. The molecule has 6 nitrogen and oxygen atoms in total. The first kappa shape index (κ1) is 14.9. The summed E-state index contributed by atoms with van der Waals surface area (Å²) in [4.78, 5) is 10.4. The Morgan fingerprint density at radius 2 is 2.50 bits per heavy atom. The number of pyridine rings is 1. The molecule has 1 aliphatic rings. The van der Waals surface area contributed by atoms with Crippen molar-refractivity contribution in [1.82, 2.24) is 9.88 Å². The van der Waals surface area contributed by atoms with Gasteiger partial charge in [0.15, 0.2) is 5.96 Å². The number of morpholine rings is 1. The zero-order valence-electron chi connectivity index (χ0n) is 11.5. The molecule has 0 aliphatic carbocycles. The van der Waals surface area contributed by atoms with Gasteiger partial charge in [-0.05, 0) is 13.0 Å². The van der Waals surface area contributed by atoms with E-state index in [1.807, 2.05) is 11.8 Å². The molecule has 7 heteroatoms. The summed E-state index contributed by atoms with van der Waals surface area (Å²) < 4.78 is 10.9. The normalized spacial score (nSPS) is 20.0. The van der Waals surface area contributed by atoms with Crippen LogP contribution in [-0.2, 0) is 4.74 Å². The van der Waals surface area contributed by atoms with Gasteiger partial charge in [-0.15, -0.1) is 0 Å². The van der Waals surface area contributed by atoms with E-state index in [1.165, 1.54) is 0 Å². The van der Waals surface area contributed by atoms with Crippen LogP contribution in [0.15, 0.2) is 23.3 Å². The van der Waals surface area contributed by atoms with Gasteiger partial charge in [0, 0.05) is 25.4 Å². The number of aromatic nitrogens is 1. The summed E-state index contributed by atoms with van der Waals surface area (Å²) in [5, 5.41) is 0.584.